The topological polar surface area (TPSA) is 136 Å². The average molecular weight is 486 g/mol. The largest absolute Gasteiger partial charge is 0.378 e. The standard InChI is InChI=1S/C22H27N7O4S/c23-34(30,31)29-9-12-33-18(15-29)14-26-22-21-20(24-5-6-25-21)13-19(27-22)16-1-3-17(4-2-16)28-7-10-32-11-8-28/h1-6,13,18H,7-12,14-15H2,(H,26,27)(H2,23,30,31). The molecule has 1 unspecified atom stereocenters. The Morgan fingerprint density at radius 2 is 1.82 bits per heavy atom. The summed E-state index contributed by atoms with van der Waals surface area (Å²) in [6.45, 7) is 4.29. The lowest BCUT2D eigenvalue weighted by molar-refractivity contribution is 0.00681. The number of aromatic nitrogens is 3. The smallest absolute Gasteiger partial charge is 0.277 e. The lowest BCUT2D eigenvalue weighted by Crippen LogP contribution is -2.50. The van der Waals surface area contributed by atoms with Gasteiger partial charge in [0, 0.05) is 56.4 Å². The van der Waals surface area contributed by atoms with Crippen molar-refractivity contribution in [2.24, 2.45) is 5.14 Å². The second-order valence-electron chi connectivity index (χ2n) is 8.20. The molecular formula is C22H27N7O4S. The summed E-state index contributed by atoms with van der Waals surface area (Å²) < 4.78 is 35.8. The molecule has 5 rings (SSSR count). The summed E-state index contributed by atoms with van der Waals surface area (Å²) in [5.74, 6) is 0.564. The maximum Gasteiger partial charge on any atom is 0.277 e. The number of rotatable bonds is 6. The number of anilines is 2. The summed E-state index contributed by atoms with van der Waals surface area (Å²) in [5, 5.41) is 8.56. The number of ether oxygens (including phenoxy) is 2. The number of nitrogens with one attached hydrogen (secondary N) is 1. The zero-order valence-corrected chi connectivity index (χ0v) is 19.4. The van der Waals surface area contributed by atoms with Crippen LogP contribution in [0.4, 0.5) is 11.5 Å². The van der Waals surface area contributed by atoms with Gasteiger partial charge in [-0.2, -0.15) is 12.7 Å². The Morgan fingerprint density at radius 3 is 2.59 bits per heavy atom. The molecule has 2 saturated heterocycles. The normalized spacial score (nSPS) is 19.9. The van der Waals surface area contributed by atoms with Crippen LogP contribution in [0, 0.1) is 0 Å². The first kappa shape index (κ1) is 22.9. The maximum absolute atomic E-state index is 11.7. The highest BCUT2D eigenvalue weighted by Crippen LogP contribution is 2.27. The van der Waals surface area contributed by atoms with Crippen molar-refractivity contribution >= 4 is 32.7 Å². The van der Waals surface area contributed by atoms with Crippen molar-refractivity contribution in [2.75, 3.05) is 62.8 Å². The highest BCUT2D eigenvalue weighted by Gasteiger charge is 2.27. The summed E-state index contributed by atoms with van der Waals surface area (Å²) in [6.07, 6.45) is 2.90. The van der Waals surface area contributed by atoms with Crippen molar-refractivity contribution in [3.05, 3.63) is 42.7 Å². The van der Waals surface area contributed by atoms with Crippen LogP contribution in [-0.4, -0.2) is 86.3 Å². The lowest BCUT2D eigenvalue weighted by atomic mass is 10.1. The number of hydrogen-bond acceptors (Lipinski definition) is 9. The van der Waals surface area contributed by atoms with Gasteiger partial charge in [-0.1, -0.05) is 12.1 Å². The molecule has 0 aliphatic carbocycles. The highest BCUT2D eigenvalue weighted by atomic mass is 32.2. The molecule has 3 aromatic rings. The molecule has 180 valence electrons. The molecule has 0 spiro atoms. The van der Waals surface area contributed by atoms with Gasteiger partial charge in [0.05, 0.1) is 37.1 Å². The van der Waals surface area contributed by atoms with Crippen LogP contribution in [0.2, 0.25) is 0 Å². The van der Waals surface area contributed by atoms with Gasteiger partial charge in [-0.25, -0.2) is 15.1 Å². The molecule has 11 nitrogen and oxygen atoms in total. The Bertz CT molecular complexity index is 1250. The number of benzene rings is 1. The summed E-state index contributed by atoms with van der Waals surface area (Å²) in [4.78, 5) is 16.0. The lowest BCUT2D eigenvalue weighted by Gasteiger charge is -2.31. The first-order valence-electron chi connectivity index (χ1n) is 11.2. The highest BCUT2D eigenvalue weighted by molar-refractivity contribution is 7.86. The molecule has 2 aromatic heterocycles. The van der Waals surface area contributed by atoms with Crippen LogP contribution in [0.15, 0.2) is 42.7 Å². The summed E-state index contributed by atoms with van der Waals surface area (Å²) in [5.41, 5.74) is 4.22. The van der Waals surface area contributed by atoms with Crippen LogP contribution < -0.4 is 15.4 Å². The van der Waals surface area contributed by atoms with Crippen molar-refractivity contribution in [2.45, 2.75) is 6.10 Å². The van der Waals surface area contributed by atoms with E-state index in [2.05, 4.69) is 32.3 Å². The van der Waals surface area contributed by atoms with Crippen LogP contribution in [0.25, 0.3) is 22.3 Å². The molecular weight excluding hydrogens is 458 g/mol. The van der Waals surface area contributed by atoms with Gasteiger partial charge in [0.1, 0.15) is 5.52 Å². The quantitative estimate of drug-likeness (QED) is 0.521. The minimum atomic E-state index is -3.75. The van der Waals surface area contributed by atoms with Crippen molar-refractivity contribution in [1.29, 1.82) is 0 Å². The van der Waals surface area contributed by atoms with E-state index in [-0.39, 0.29) is 25.8 Å². The molecule has 1 atom stereocenters. The number of hydrogen-bond donors (Lipinski definition) is 2. The SMILES string of the molecule is NS(=O)(=O)N1CCOC(CNc2nc(-c3ccc(N4CCOCC4)cc3)cc3nccnc23)C1. The van der Waals surface area contributed by atoms with E-state index < -0.39 is 10.2 Å². The van der Waals surface area contributed by atoms with E-state index in [0.29, 0.717) is 23.4 Å². The van der Waals surface area contributed by atoms with Crippen molar-refractivity contribution in [1.82, 2.24) is 19.3 Å². The van der Waals surface area contributed by atoms with Crippen LogP contribution >= 0.6 is 0 Å². The van der Waals surface area contributed by atoms with Gasteiger partial charge in [-0.15, -0.1) is 0 Å². The molecule has 2 aliphatic heterocycles. The van der Waals surface area contributed by atoms with Crippen molar-refractivity contribution in [3.63, 3.8) is 0 Å². The predicted octanol–water partition coefficient (Wildman–Crippen LogP) is 0.845. The fraction of sp³-hybridized carbons (Fsp3) is 0.409. The average Bonchev–Trinajstić information content (AvgIpc) is 2.87. The molecule has 0 saturated carbocycles. The maximum atomic E-state index is 11.7. The summed E-state index contributed by atoms with van der Waals surface area (Å²) in [6, 6.07) is 10.2. The summed E-state index contributed by atoms with van der Waals surface area (Å²) >= 11 is 0. The molecule has 2 fully saturated rings. The molecule has 0 amide bonds. The zero-order valence-electron chi connectivity index (χ0n) is 18.6. The molecule has 34 heavy (non-hydrogen) atoms. The monoisotopic (exact) mass is 485 g/mol. The van der Waals surface area contributed by atoms with E-state index in [4.69, 9.17) is 19.6 Å². The minimum absolute atomic E-state index is 0.179. The summed E-state index contributed by atoms with van der Waals surface area (Å²) in [7, 11) is -3.75. The van der Waals surface area contributed by atoms with E-state index in [1.54, 1.807) is 12.4 Å². The molecule has 0 bridgehead atoms. The van der Waals surface area contributed by atoms with E-state index in [1.807, 2.05) is 18.2 Å². The van der Waals surface area contributed by atoms with Gasteiger partial charge in [0.2, 0.25) is 0 Å². The van der Waals surface area contributed by atoms with Gasteiger partial charge in [0.15, 0.2) is 5.82 Å². The Hall–Kier alpha value is -2.90. The van der Waals surface area contributed by atoms with E-state index >= 15 is 0 Å². The number of nitrogens with zero attached hydrogens (tertiary/aromatic N) is 5. The van der Waals surface area contributed by atoms with E-state index in [1.165, 1.54) is 4.31 Å². The van der Waals surface area contributed by atoms with Crippen molar-refractivity contribution in [3.8, 4) is 11.3 Å². The second-order valence-corrected chi connectivity index (χ2v) is 9.75. The van der Waals surface area contributed by atoms with Crippen LogP contribution in [0.3, 0.4) is 0 Å². The molecule has 12 heteroatoms. The molecule has 2 aliphatic rings. The van der Waals surface area contributed by atoms with Crippen LogP contribution in [0.1, 0.15) is 0 Å². The van der Waals surface area contributed by atoms with Gasteiger partial charge in [-0.3, -0.25) is 4.98 Å². The van der Waals surface area contributed by atoms with Crippen LogP contribution in [-0.2, 0) is 19.7 Å². The first-order chi connectivity index (χ1) is 16.5. The second kappa shape index (κ2) is 9.76. The third kappa shape index (κ3) is 5.10. The Morgan fingerprint density at radius 1 is 1.06 bits per heavy atom. The van der Waals surface area contributed by atoms with Crippen LogP contribution in [0.5, 0.6) is 0 Å². The third-order valence-electron chi connectivity index (χ3n) is 5.95. The van der Waals surface area contributed by atoms with Gasteiger partial charge >= 0.3 is 0 Å². The fourth-order valence-corrected chi connectivity index (χ4v) is 4.87. The number of nitrogens with two attached hydrogens (primary N) is 1. The minimum Gasteiger partial charge on any atom is -0.378 e. The Labute approximate surface area is 198 Å². The van der Waals surface area contributed by atoms with Gasteiger partial charge in [0.25, 0.3) is 10.2 Å². The first-order valence-corrected chi connectivity index (χ1v) is 12.7. The van der Waals surface area contributed by atoms with Crippen molar-refractivity contribution < 1.29 is 17.9 Å². The Balaban J connectivity index is 1.37. The van der Waals surface area contributed by atoms with E-state index in [9.17, 15) is 8.42 Å². The molecule has 1 aromatic carbocycles. The Kier molecular flexibility index (Phi) is 6.57. The molecule has 4 heterocycles. The van der Waals surface area contributed by atoms with Gasteiger partial charge in [-0.05, 0) is 18.2 Å². The fourth-order valence-electron chi connectivity index (χ4n) is 4.17. The predicted molar refractivity (Wildman–Crippen MR) is 129 cm³/mol. The number of fused-ring (bicyclic) bond motifs is 1. The molecule has 0 radical (unpaired) electrons. The van der Waals surface area contributed by atoms with Gasteiger partial charge < -0.3 is 19.7 Å². The number of pyridine rings is 1. The third-order valence-corrected chi connectivity index (χ3v) is 7.01. The van der Waals surface area contributed by atoms with E-state index in [0.717, 1.165) is 43.2 Å². The number of morpholine rings is 2. The molecule has 3 N–H and O–H groups in total. The zero-order chi connectivity index (χ0) is 23.5.